The first-order valence-corrected chi connectivity index (χ1v) is 8.46. The molecule has 5 heteroatoms. The van der Waals surface area contributed by atoms with Gasteiger partial charge in [0.2, 0.25) is 0 Å². The number of aromatic nitrogens is 3. The Morgan fingerprint density at radius 2 is 1.64 bits per heavy atom. The van der Waals surface area contributed by atoms with E-state index in [1.807, 2.05) is 34.0 Å². The first-order chi connectivity index (χ1) is 12.0. The number of hydroxylamine groups is 1. The molecule has 0 bridgehead atoms. The van der Waals surface area contributed by atoms with E-state index in [0.29, 0.717) is 6.54 Å². The van der Waals surface area contributed by atoms with Crippen LogP contribution in [0.2, 0.25) is 0 Å². The molecule has 128 valence electrons. The Balaban J connectivity index is 2.11. The molecule has 4 rings (SSSR count). The molecule has 0 fully saturated rings. The minimum atomic E-state index is -0.181. The third-order valence-electron chi connectivity index (χ3n) is 4.54. The lowest BCUT2D eigenvalue weighted by Crippen LogP contribution is -2.26. The highest BCUT2D eigenvalue weighted by Gasteiger charge is 2.29. The van der Waals surface area contributed by atoms with Crippen molar-refractivity contribution in [3.8, 4) is 22.5 Å². The predicted octanol–water partition coefficient (Wildman–Crippen LogP) is 4.25. The maximum absolute atomic E-state index is 5.71. The van der Waals surface area contributed by atoms with Crippen molar-refractivity contribution in [3.63, 3.8) is 0 Å². The maximum atomic E-state index is 5.71. The van der Waals surface area contributed by atoms with Crippen LogP contribution in [0.5, 0.6) is 0 Å². The van der Waals surface area contributed by atoms with Gasteiger partial charge in [-0.25, -0.2) is 9.75 Å². The van der Waals surface area contributed by atoms with Crippen molar-refractivity contribution in [3.05, 3.63) is 54.1 Å². The summed E-state index contributed by atoms with van der Waals surface area (Å²) in [5, 5.41) is 11.0. The summed E-state index contributed by atoms with van der Waals surface area (Å²) in [5.41, 5.74) is 6.14. The molecule has 2 heterocycles. The normalized spacial score (nSPS) is 13.5. The van der Waals surface area contributed by atoms with Gasteiger partial charge in [-0.05, 0) is 32.4 Å². The highest BCUT2D eigenvalue weighted by Crippen LogP contribution is 2.42. The van der Waals surface area contributed by atoms with E-state index in [2.05, 4.69) is 55.3 Å². The molecule has 0 saturated heterocycles. The second-order valence-electron chi connectivity index (χ2n) is 7.26. The largest absolute Gasteiger partial charge is 0.276 e. The van der Waals surface area contributed by atoms with Crippen LogP contribution in [-0.4, -0.2) is 22.1 Å². The highest BCUT2D eigenvalue weighted by atomic mass is 16.7. The number of rotatable bonds is 1. The summed E-state index contributed by atoms with van der Waals surface area (Å²) >= 11 is 0. The summed E-state index contributed by atoms with van der Waals surface area (Å²) in [6.45, 7) is 7.08. The standard InChI is InChI=1S/C20H22N4O/c1-20(2,3)24-19-16-11-7-8-12-17(16)23(25-4)13-14-9-5-6-10-15(14)18(19)21-22-24/h5-12H,13H2,1-4H3. The SMILES string of the molecule is CON1Cc2ccccc2-c2nnn(C(C)(C)C)c2-c2ccccc21. The fraction of sp³-hybridized carbons (Fsp3) is 0.300. The Morgan fingerprint density at radius 3 is 2.36 bits per heavy atom. The van der Waals surface area contributed by atoms with Gasteiger partial charge in [-0.1, -0.05) is 47.7 Å². The summed E-state index contributed by atoms with van der Waals surface area (Å²) in [6.07, 6.45) is 0. The average Bonchev–Trinajstić information content (AvgIpc) is 3.03. The Bertz CT molecular complexity index is 923. The molecule has 1 aliphatic rings. The van der Waals surface area contributed by atoms with Crippen molar-refractivity contribution < 1.29 is 4.84 Å². The number of nitrogens with zero attached hydrogens (tertiary/aromatic N) is 4. The van der Waals surface area contributed by atoms with Crippen LogP contribution >= 0.6 is 0 Å². The molecule has 0 aliphatic carbocycles. The van der Waals surface area contributed by atoms with Gasteiger partial charge in [0, 0.05) is 11.1 Å². The molecule has 3 aromatic rings. The number of anilines is 1. The molecule has 1 aliphatic heterocycles. The third-order valence-corrected chi connectivity index (χ3v) is 4.54. The summed E-state index contributed by atoms with van der Waals surface area (Å²) in [5.74, 6) is 0. The summed E-state index contributed by atoms with van der Waals surface area (Å²) < 4.78 is 2.01. The lowest BCUT2D eigenvalue weighted by atomic mass is 9.95. The van der Waals surface area contributed by atoms with Gasteiger partial charge in [0.1, 0.15) is 5.69 Å². The van der Waals surface area contributed by atoms with Crippen LogP contribution in [0, 0.1) is 0 Å². The summed E-state index contributed by atoms with van der Waals surface area (Å²) in [4.78, 5) is 5.71. The Hall–Kier alpha value is -2.66. The number of fused-ring (bicyclic) bond motifs is 5. The number of hydrogen-bond acceptors (Lipinski definition) is 4. The summed E-state index contributed by atoms with van der Waals surface area (Å²) in [7, 11) is 1.71. The number of hydrogen-bond donors (Lipinski definition) is 0. The first-order valence-electron chi connectivity index (χ1n) is 8.46. The second kappa shape index (κ2) is 5.70. The van der Waals surface area contributed by atoms with Crippen LogP contribution in [0.1, 0.15) is 26.3 Å². The van der Waals surface area contributed by atoms with Crippen LogP contribution in [0.25, 0.3) is 22.5 Å². The van der Waals surface area contributed by atoms with Gasteiger partial charge < -0.3 is 0 Å². The molecule has 5 nitrogen and oxygen atoms in total. The predicted molar refractivity (Wildman–Crippen MR) is 99.1 cm³/mol. The zero-order chi connectivity index (χ0) is 17.6. The number of para-hydroxylation sites is 1. The average molecular weight is 334 g/mol. The third kappa shape index (κ3) is 2.51. The molecule has 0 saturated carbocycles. The van der Waals surface area contributed by atoms with Crippen molar-refractivity contribution in [2.75, 3.05) is 12.2 Å². The van der Waals surface area contributed by atoms with E-state index in [9.17, 15) is 0 Å². The van der Waals surface area contributed by atoms with E-state index in [-0.39, 0.29) is 5.54 Å². The Kier molecular flexibility index (Phi) is 3.62. The van der Waals surface area contributed by atoms with Gasteiger partial charge in [0.25, 0.3) is 0 Å². The molecule has 1 aromatic heterocycles. The summed E-state index contributed by atoms with van der Waals surface area (Å²) in [6, 6.07) is 16.6. The Morgan fingerprint density at radius 1 is 0.960 bits per heavy atom. The molecule has 0 N–H and O–H groups in total. The molecule has 0 spiro atoms. The quantitative estimate of drug-likeness (QED) is 0.667. The van der Waals surface area contributed by atoms with Crippen LogP contribution in [0.4, 0.5) is 5.69 Å². The Labute approximate surface area is 147 Å². The number of benzene rings is 2. The van der Waals surface area contributed by atoms with Gasteiger partial charge in [-0.2, -0.15) is 0 Å². The van der Waals surface area contributed by atoms with Crippen LogP contribution in [0.3, 0.4) is 0 Å². The molecular formula is C20H22N4O. The second-order valence-corrected chi connectivity index (χ2v) is 7.26. The van der Waals surface area contributed by atoms with Crippen molar-refractivity contribution in [1.82, 2.24) is 15.0 Å². The van der Waals surface area contributed by atoms with E-state index < -0.39 is 0 Å². The zero-order valence-corrected chi connectivity index (χ0v) is 15.0. The molecule has 25 heavy (non-hydrogen) atoms. The molecule has 0 radical (unpaired) electrons. The molecule has 0 unspecified atom stereocenters. The first kappa shape index (κ1) is 15.8. The minimum Gasteiger partial charge on any atom is -0.276 e. The molecular weight excluding hydrogens is 312 g/mol. The van der Waals surface area contributed by atoms with Crippen molar-refractivity contribution in [2.45, 2.75) is 32.9 Å². The van der Waals surface area contributed by atoms with Crippen LogP contribution < -0.4 is 5.06 Å². The van der Waals surface area contributed by atoms with E-state index in [1.54, 1.807) is 7.11 Å². The molecule has 2 aromatic carbocycles. The van der Waals surface area contributed by atoms with Gasteiger partial charge in [-0.3, -0.25) is 4.84 Å². The zero-order valence-electron chi connectivity index (χ0n) is 15.0. The monoisotopic (exact) mass is 334 g/mol. The maximum Gasteiger partial charge on any atom is 0.121 e. The van der Waals surface area contributed by atoms with Gasteiger partial charge in [0.05, 0.1) is 30.6 Å². The van der Waals surface area contributed by atoms with E-state index in [4.69, 9.17) is 4.84 Å². The van der Waals surface area contributed by atoms with Crippen molar-refractivity contribution in [1.29, 1.82) is 0 Å². The van der Waals surface area contributed by atoms with Gasteiger partial charge in [0.15, 0.2) is 0 Å². The minimum absolute atomic E-state index is 0.181. The lowest BCUT2D eigenvalue weighted by molar-refractivity contribution is 0.163. The topological polar surface area (TPSA) is 43.2 Å². The van der Waals surface area contributed by atoms with Gasteiger partial charge in [-0.15, -0.1) is 5.10 Å². The van der Waals surface area contributed by atoms with E-state index in [1.165, 1.54) is 5.56 Å². The van der Waals surface area contributed by atoms with Crippen LogP contribution in [0.15, 0.2) is 48.5 Å². The van der Waals surface area contributed by atoms with E-state index >= 15 is 0 Å². The highest BCUT2D eigenvalue weighted by molar-refractivity contribution is 5.87. The fourth-order valence-electron chi connectivity index (χ4n) is 3.36. The fourth-order valence-corrected chi connectivity index (χ4v) is 3.36. The van der Waals surface area contributed by atoms with Crippen molar-refractivity contribution >= 4 is 5.69 Å². The van der Waals surface area contributed by atoms with Crippen LogP contribution in [-0.2, 0) is 16.9 Å². The van der Waals surface area contributed by atoms with Crippen molar-refractivity contribution in [2.24, 2.45) is 0 Å². The van der Waals surface area contributed by atoms with Gasteiger partial charge >= 0.3 is 0 Å². The smallest absolute Gasteiger partial charge is 0.121 e. The van der Waals surface area contributed by atoms with E-state index in [0.717, 1.165) is 28.2 Å². The molecule has 0 amide bonds. The molecule has 0 atom stereocenters. The lowest BCUT2D eigenvalue weighted by Gasteiger charge is -2.29.